The minimum absolute atomic E-state index is 0.00669. The summed E-state index contributed by atoms with van der Waals surface area (Å²) in [6, 6.07) is 7.24. The summed E-state index contributed by atoms with van der Waals surface area (Å²) in [5.74, 6) is -4.35. The first kappa shape index (κ1) is 36.5. The predicted octanol–water partition coefficient (Wildman–Crippen LogP) is -1.07. The molecule has 0 spiro atoms. The number of benzene rings is 1. The van der Waals surface area contributed by atoms with Gasteiger partial charge in [-0.05, 0) is 37.7 Å². The predicted molar refractivity (Wildman–Crippen MR) is 154 cm³/mol. The van der Waals surface area contributed by atoms with E-state index in [1.54, 1.807) is 0 Å². The van der Waals surface area contributed by atoms with E-state index in [4.69, 9.17) is 26.5 Å². The number of carbonyl (C=O) groups is 6. The number of guanidine groups is 1. The largest absolute Gasteiger partial charge is 0.480 e. The van der Waals surface area contributed by atoms with Gasteiger partial charge >= 0.3 is 17.9 Å². The van der Waals surface area contributed by atoms with E-state index < -0.39 is 35.9 Å². The first-order chi connectivity index (χ1) is 20.5. The van der Waals surface area contributed by atoms with Crippen LogP contribution in [0.3, 0.4) is 0 Å². The highest BCUT2D eigenvalue weighted by atomic mass is 16.7. The molecule has 0 aliphatic heterocycles. The number of carboxylic acid groups (broad SMARTS) is 2. The van der Waals surface area contributed by atoms with Gasteiger partial charge in [0.15, 0.2) is 0 Å². The molecule has 10 N–H and O–H groups in total. The maximum absolute atomic E-state index is 12.4. The highest BCUT2D eigenvalue weighted by molar-refractivity contribution is 5.97. The Bertz CT molecular complexity index is 1100. The molecule has 0 unspecified atom stereocenters. The number of nitrogens with one attached hydrogen (secondary N) is 4. The lowest BCUT2D eigenvalue weighted by atomic mass is 10.1. The molecule has 1 aromatic rings. The summed E-state index contributed by atoms with van der Waals surface area (Å²) in [5, 5.41) is 25.2. The molecule has 0 aromatic heterocycles. The monoisotopic (exact) mass is 607 g/mol. The van der Waals surface area contributed by atoms with Gasteiger partial charge in [-0.25, -0.2) is 4.79 Å². The number of carboxylic acids is 2. The molecule has 16 nitrogen and oxygen atoms in total. The summed E-state index contributed by atoms with van der Waals surface area (Å²) >= 11 is 0. The van der Waals surface area contributed by atoms with E-state index in [1.165, 1.54) is 0 Å². The van der Waals surface area contributed by atoms with Crippen LogP contribution >= 0.6 is 0 Å². The van der Waals surface area contributed by atoms with Gasteiger partial charge in [-0.3, -0.25) is 34.3 Å². The average molecular weight is 608 g/mol. The fourth-order valence-corrected chi connectivity index (χ4v) is 3.32. The van der Waals surface area contributed by atoms with E-state index in [-0.39, 0.29) is 88.8 Å². The normalized spacial score (nSPS) is 12.4. The van der Waals surface area contributed by atoms with Crippen molar-refractivity contribution >= 4 is 41.6 Å². The Kier molecular flexibility index (Phi) is 18.0. The molecule has 0 bridgehead atoms. The second kappa shape index (κ2) is 21.2. The topological polar surface area (TPSA) is 265 Å². The number of carbonyl (C=O) groups excluding carboxylic acids is 4. The molecule has 0 heterocycles. The molecule has 0 saturated heterocycles. The van der Waals surface area contributed by atoms with Crippen molar-refractivity contribution < 1.29 is 43.8 Å². The summed E-state index contributed by atoms with van der Waals surface area (Å²) in [6.45, 7) is 0.616. The number of hydrogen-bond acceptors (Lipinski definition) is 10. The fourth-order valence-electron chi connectivity index (χ4n) is 3.32. The third-order valence-corrected chi connectivity index (χ3v) is 5.81. The third kappa shape index (κ3) is 18.5. The van der Waals surface area contributed by atoms with Crippen LogP contribution in [-0.4, -0.2) is 83.5 Å². The first-order valence-corrected chi connectivity index (χ1v) is 13.8. The number of hydrogen-bond donors (Lipinski definition) is 8. The number of aliphatic imine (C=N–C) groups is 1. The smallest absolute Gasteiger partial charge is 0.332 e. The second-order valence-electron chi connectivity index (χ2n) is 9.46. The van der Waals surface area contributed by atoms with E-state index >= 15 is 0 Å². The van der Waals surface area contributed by atoms with Crippen LogP contribution in [-0.2, 0) is 40.0 Å². The van der Waals surface area contributed by atoms with Crippen LogP contribution in [0.1, 0.15) is 56.9 Å². The molecule has 3 amide bonds. The van der Waals surface area contributed by atoms with Crippen LogP contribution in [0.4, 0.5) is 0 Å². The number of amides is 3. The highest BCUT2D eigenvalue weighted by Gasteiger charge is 2.15. The Hall–Kier alpha value is -4.57. The minimum Gasteiger partial charge on any atom is -0.480 e. The van der Waals surface area contributed by atoms with Crippen LogP contribution in [0.5, 0.6) is 0 Å². The van der Waals surface area contributed by atoms with Gasteiger partial charge < -0.3 is 37.2 Å². The van der Waals surface area contributed by atoms with Gasteiger partial charge in [-0.2, -0.15) is 5.48 Å². The summed E-state index contributed by atoms with van der Waals surface area (Å²) < 4.78 is 0. The Labute approximate surface area is 248 Å². The van der Waals surface area contributed by atoms with Gasteiger partial charge in [0, 0.05) is 45.3 Å². The number of rotatable bonds is 19. The average Bonchev–Trinajstić information content (AvgIpc) is 2.98. The molecular weight excluding hydrogens is 566 g/mol. The Balaban J connectivity index is 2.46. The van der Waals surface area contributed by atoms with Crippen LogP contribution in [0.2, 0.25) is 0 Å². The van der Waals surface area contributed by atoms with Crippen molar-refractivity contribution in [1.82, 2.24) is 21.4 Å². The van der Waals surface area contributed by atoms with E-state index in [0.717, 1.165) is 5.56 Å². The fraction of sp³-hybridized carbons (Fsp3) is 0.519. The zero-order valence-electron chi connectivity index (χ0n) is 23.9. The van der Waals surface area contributed by atoms with Crippen molar-refractivity contribution in [1.29, 1.82) is 0 Å². The third-order valence-electron chi connectivity index (χ3n) is 5.81. The van der Waals surface area contributed by atoms with Crippen LogP contribution in [0.25, 0.3) is 0 Å². The van der Waals surface area contributed by atoms with Crippen molar-refractivity contribution in [3.8, 4) is 0 Å². The quantitative estimate of drug-likeness (QED) is 0.0404. The van der Waals surface area contributed by atoms with Gasteiger partial charge in [0.25, 0.3) is 0 Å². The highest BCUT2D eigenvalue weighted by Crippen LogP contribution is 2.00. The molecule has 0 radical (unpaired) electrons. The van der Waals surface area contributed by atoms with Crippen LogP contribution < -0.4 is 32.9 Å². The minimum atomic E-state index is -1.19. The molecule has 1 rings (SSSR count). The molecule has 238 valence electrons. The lowest BCUT2D eigenvalue weighted by Gasteiger charge is -2.12. The molecule has 43 heavy (non-hydrogen) atoms. The zero-order valence-corrected chi connectivity index (χ0v) is 23.9. The maximum Gasteiger partial charge on any atom is 0.332 e. The van der Waals surface area contributed by atoms with E-state index in [9.17, 15) is 28.8 Å². The Morgan fingerprint density at radius 2 is 1.30 bits per heavy atom. The maximum atomic E-state index is 12.4. The summed E-state index contributed by atoms with van der Waals surface area (Å²) in [7, 11) is 0. The van der Waals surface area contributed by atoms with Crippen molar-refractivity contribution in [2.75, 3.05) is 19.6 Å². The molecule has 0 saturated carbocycles. The van der Waals surface area contributed by atoms with Gasteiger partial charge in [-0.1, -0.05) is 30.3 Å². The van der Waals surface area contributed by atoms with Crippen LogP contribution in [0.15, 0.2) is 35.3 Å². The van der Waals surface area contributed by atoms with Gasteiger partial charge in [0.1, 0.15) is 12.1 Å². The second-order valence-corrected chi connectivity index (χ2v) is 9.46. The van der Waals surface area contributed by atoms with E-state index in [2.05, 4.69) is 26.4 Å². The number of hydroxylamine groups is 1. The number of nitrogens with zero attached hydrogens (tertiary/aromatic N) is 1. The van der Waals surface area contributed by atoms with E-state index in [1.807, 2.05) is 30.3 Å². The first-order valence-electron chi connectivity index (χ1n) is 13.8. The van der Waals surface area contributed by atoms with E-state index in [0.29, 0.717) is 6.42 Å². The molecular formula is C27H41N7O9. The zero-order chi connectivity index (χ0) is 32.0. The molecule has 16 heteroatoms. The summed E-state index contributed by atoms with van der Waals surface area (Å²) in [6.07, 6.45) is 0.910. The lowest BCUT2D eigenvalue weighted by Crippen LogP contribution is -2.42. The van der Waals surface area contributed by atoms with Gasteiger partial charge in [0.2, 0.25) is 23.7 Å². The number of aliphatic carboxylic acids is 2. The van der Waals surface area contributed by atoms with Gasteiger partial charge in [0.05, 0.1) is 0 Å². The van der Waals surface area contributed by atoms with Crippen LogP contribution in [0, 0.1) is 0 Å². The lowest BCUT2D eigenvalue weighted by molar-refractivity contribution is -0.148. The standard InChI is InChI=1S/C27H41N7O9/c28-19(25(39)40)10-12-21(35)30-15-4-8-23(37)33-27(32-17-14-18-6-2-1-3-7-18)34-43-24(38)9-5-16-31-22(36)13-11-20(29)26(41)42/h1-3,6-7,19-20H,4-5,8-17,28-29H2,(H,30,35)(H,31,36)(H,39,40)(H,41,42)(H2,32,33,34,37)/t19-,20-/m0/s1. The SMILES string of the molecule is N[C@@H](CCC(=O)NCCCC(=O)NC(=NCCc1ccccc1)NOC(=O)CCCNC(=O)CC[C@H](N)C(=O)O)C(=O)O. The summed E-state index contributed by atoms with van der Waals surface area (Å²) in [5.41, 5.74) is 14.1. The Morgan fingerprint density at radius 1 is 0.767 bits per heavy atom. The molecule has 2 atom stereocenters. The molecule has 0 fully saturated rings. The van der Waals surface area contributed by atoms with Gasteiger partial charge in [-0.15, -0.1) is 0 Å². The van der Waals surface area contributed by atoms with Crippen molar-refractivity contribution in [3.05, 3.63) is 35.9 Å². The molecule has 0 aliphatic rings. The van der Waals surface area contributed by atoms with Crippen molar-refractivity contribution in [2.45, 2.75) is 69.9 Å². The summed E-state index contributed by atoms with van der Waals surface area (Å²) in [4.78, 5) is 78.8. The molecule has 1 aromatic carbocycles. The van der Waals surface area contributed by atoms with Crippen molar-refractivity contribution in [3.63, 3.8) is 0 Å². The van der Waals surface area contributed by atoms with Crippen molar-refractivity contribution in [2.24, 2.45) is 16.5 Å². The Morgan fingerprint density at radius 3 is 1.84 bits per heavy atom. The number of nitrogens with two attached hydrogens (primary N) is 2. The molecule has 0 aliphatic carbocycles.